The molecule has 228 valence electrons. The molecule has 3 aromatic rings. The Morgan fingerprint density at radius 3 is 2.37 bits per heavy atom. The first-order chi connectivity index (χ1) is 21.0. The third kappa shape index (κ3) is 8.29. The molecule has 3 N–H and O–H groups in total. The molecular weight excluding hydrogens is 562 g/mol. The molecule has 0 radical (unpaired) electrons. The Labute approximate surface area is 257 Å². The largest absolute Gasteiger partial charge is 0.447 e. The van der Waals surface area contributed by atoms with Gasteiger partial charge in [-0.25, -0.2) is 14.8 Å². The Hall–Kier alpha value is -3.57. The van der Waals surface area contributed by atoms with E-state index in [0.717, 1.165) is 86.5 Å². The number of likely N-dealkylation sites (tertiary alicyclic amines) is 1. The highest BCUT2D eigenvalue weighted by atomic mass is 32.1. The van der Waals surface area contributed by atoms with Crippen LogP contribution in [0.1, 0.15) is 46.7 Å². The van der Waals surface area contributed by atoms with Gasteiger partial charge in [0, 0.05) is 42.5 Å². The van der Waals surface area contributed by atoms with E-state index in [9.17, 15) is 14.4 Å². The zero-order chi connectivity index (χ0) is 30.0. The van der Waals surface area contributed by atoms with Crippen LogP contribution in [0.2, 0.25) is 0 Å². The summed E-state index contributed by atoms with van der Waals surface area (Å²) in [5.74, 6) is -0.222. The molecule has 0 bridgehead atoms. The smallest absolute Gasteiger partial charge is 0.429 e. The summed E-state index contributed by atoms with van der Waals surface area (Å²) in [6.45, 7) is 4.73. The number of para-hydroxylation sites is 1. The van der Waals surface area contributed by atoms with E-state index in [1.165, 1.54) is 11.3 Å². The molecular formula is C33H41N5O4S. The number of ketones is 1. The maximum atomic E-state index is 13.5. The van der Waals surface area contributed by atoms with Gasteiger partial charge in [0.2, 0.25) is 5.91 Å². The second-order valence-electron chi connectivity index (χ2n) is 11.1. The Bertz CT molecular complexity index is 1370. The molecule has 0 spiro atoms. The first kappa shape index (κ1) is 30.9. The number of carbonyl (C=O) groups is 3. The van der Waals surface area contributed by atoms with Gasteiger partial charge >= 0.3 is 6.09 Å². The van der Waals surface area contributed by atoms with Crippen LogP contribution in [0.5, 0.6) is 0 Å². The normalized spacial score (nSPS) is 16.6. The molecule has 2 aromatic carbocycles. The lowest BCUT2D eigenvalue weighted by Gasteiger charge is -2.37. The number of primary amides is 1. The number of hydrogen-bond acceptors (Lipinski definition) is 8. The standard InChI is InChI=1S/C33H41N5O4S/c34-32(40)26-15-20-36(21-16-26)24-27-13-14-31(43-27)30(39)23-35-17-22-42-33(41)38(37-18-7-2-8-19-37)29-12-6-5-11-28(29)25-9-3-1-4-10-25/h1,3-6,9-14,26,35H,2,7-8,15-24H2,(H2,34,40). The van der Waals surface area contributed by atoms with Crippen LogP contribution in [0, 0.1) is 5.92 Å². The molecule has 1 aromatic heterocycles. The lowest BCUT2D eigenvalue weighted by Crippen LogP contribution is -2.50. The topological polar surface area (TPSA) is 108 Å². The minimum atomic E-state index is -0.416. The number of benzene rings is 2. The van der Waals surface area contributed by atoms with E-state index in [4.69, 9.17) is 10.5 Å². The van der Waals surface area contributed by atoms with Gasteiger partial charge in [-0.2, -0.15) is 0 Å². The maximum absolute atomic E-state index is 13.5. The van der Waals surface area contributed by atoms with Crippen molar-refractivity contribution in [2.45, 2.75) is 38.6 Å². The lowest BCUT2D eigenvalue weighted by molar-refractivity contribution is -0.123. The number of hydrazine groups is 1. The van der Waals surface area contributed by atoms with E-state index < -0.39 is 6.09 Å². The predicted octanol–water partition coefficient (Wildman–Crippen LogP) is 4.93. The molecule has 2 aliphatic heterocycles. The van der Waals surface area contributed by atoms with Crippen molar-refractivity contribution in [3.8, 4) is 11.1 Å². The van der Waals surface area contributed by atoms with Crippen LogP contribution in [0.3, 0.4) is 0 Å². The van der Waals surface area contributed by atoms with Crippen LogP contribution in [0.25, 0.3) is 11.1 Å². The first-order valence-corrected chi connectivity index (χ1v) is 16.0. The number of thiophene rings is 1. The summed E-state index contributed by atoms with van der Waals surface area (Å²) in [6.07, 6.45) is 4.37. The molecule has 3 heterocycles. The van der Waals surface area contributed by atoms with Crippen molar-refractivity contribution in [3.63, 3.8) is 0 Å². The van der Waals surface area contributed by atoms with Crippen LogP contribution in [0.4, 0.5) is 10.5 Å². The second kappa shape index (κ2) is 15.2. The molecule has 0 aliphatic carbocycles. The minimum absolute atomic E-state index is 0.0155. The van der Waals surface area contributed by atoms with E-state index >= 15 is 0 Å². The van der Waals surface area contributed by atoms with Crippen molar-refractivity contribution in [1.82, 2.24) is 15.2 Å². The third-order valence-corrected chi connectivity index (χ3v) is 9.21. The van der Waals surface area contributed by atoms with Crippen LogP contribution >= 0.6 is 11.3 Å². The number of hydrogen-bond donors (Lipinski definition) is 2. The van der Waals surface area contributed by atoms with Gasteiger partial charge in [0.1, 0.15) is 6.61 Å². The first-order valence-electron chi connectivity index (χ1n) is 15.2. The number of ether oxygens (including phenoxy) is 1. The number of nitrogens with zero attached hydrogens (tertiary/aromatic N) is 3. The maximum Gasteiger partial charge on any atom is 0.429 e. The number of nitrogens with two attached hydrogens (primary N) is 1. The summed E-state index contributed by atoms with van der Waals surface area (Å²) in [5, 5.41) is 6.91. The Morgan fingerprint density at radius 2 is 1.63 bits per heavy atom. The van der Waals surface area contributed by atoms with Crippen LogP contribution in [-0.2, 0) is 16.1 Å². The van der Waals surface area contributed by atoms with Crippen molar-refractivity contribution in [3.05, 3.63) is 76.5 Å². The molecule has 2 saturated heterocycles. The summed E-state index contributed by atoms with van der Waals surface area (Å²) < 4.78 is 5.74. The van der Waals surface area contributed by atoms with Gasteiger partial charge < -0.3 is 15.8 Å². The molecule has 2 fully saturated rings. The van der Waals surface area contributed by atoms with Gasteiger partial charge in [0.15, 0.2) is 5.78 Å². The molecule has 2 amide bonds. The average Bonchev–Trinajstić information content (AvgIpc) is 3.51. The summed E-state index contributed by atoms with van der Waals surface area (Å²) >= 11 is 1.51. The van der Waals surface area contributed by atoms with Crippen LogP contribution < -0.4 is 16.1 Å². The average molecular weight is 604 g/mol. The van der Waals surface area contributed by atoms with E-state index in [1.54, 1.807) is 5.01 Å². The lowest BCUT2D eigenvalue weighted by atomic mass is 9.96. The van der Waals surface area contributed by atoms with Crippen molar-refractivity contribution >= 4 is 34.8 Å². The Balaban J connectivity index is 1.11. The summed E-state index contributed by atoms with van der Waals surface area (Å²) in [7, 11) is 0. The zero-order valence-electron chi connectivity index (χ0n) is 24.6. The fourth-order valence-corrected chi connectivity index (χ4v) is 6.72. The van der Waals surface area contributed by atoms with E-state index in [1.807, 2.05) is 66.7 Å². The number of amides is 2. The summed E-state index contributed by atoms with van der Waals surface area (Å²) in [5.41, 5.74) is 8.25. The van der Waals surface area contributed by atoms with Gasteiger partial charge in [0.05, 0.1) is 17.1 Å². The van der Waals surface area contributed by atoms with Gasteiger partial charge in [-0.15, -0.1) is 11.3 Å². The van der Waals surface area contributed by atoms with E-state index in [-0.39, 0.29) is 30.8 Å². The third-order valence-electron chi connectivity index (χ3n) is 8.10. The molecule has 43 heavy (non-hydrogen) atoms. The van der Waals surface area contributed by atoms with E-state index in [0.29, 0.717) is 11.4 Å². The highest BCUT2D eigenvalue weighted by molar-refractivity contribution is 7.14. The molecule has 0 unspecified atom stereocenters. The number of piperidine rings is 2. The number of nitrogens with one attached hydrogen (secondary N) is 1. The monoisotopic (exact) mass is 603 g/mol. The zero-order valence-corrected chi connectivity index (χ0v) is 25.4. The number of carbonyl (C=O) groups excluding carboxylic acids is 3. The SMILES string of the molecule is NC(=O)C1CCN(Cc2ccc(C(=O)CNCCOC(=O)N(c3ccccc3-c3ccccc3)N3CCCCC3)s2)CC1. The number of anilines is 1. The van der Waals surface area contributed by atoms with Crippen LogP contribution in [0.15, 0.2) is 66.7 Å². The molecule has 0 saturated carbocycles. The Morgan fingerprint density at radius 1 is 0.907 bits per heavy atom. The van der Waals surface area contributed by atoms with Crippen molar-refractivity contribution in [1.29, 1.82) is 0 Å². The van der Waals surface area contributed by atoms with Gasteiger partial charge in [-0.1, -0.05) is 55.0 Å². The van der Waals surface area contributed by atoms with Crippen molar-refractivity contribution in [2.75, 3.05) is 50.9 Å². The molecule has 0 atom stereocenters. The van der Waals surface area contributed by atoms with Gasteiger partial charge in [-0.05, 0) is 62.5 Å². The van der Waals surface area contributed by atoms with Gasteiger partial charge in [0.25, 0.3) is 0 Å². The van der Waals surface area contributed by atoms with Crippen molar-refractivity contribution in [2.24, 2.45) is 11.7 Å². The van der Waals surface area contributed by atoms with E-state index in [2.05, 4.69) is 15.2 Å². The van der Waals surface area contributed by atoms with Crippen LogP contribution in [-0.4, -0.2) is 73.6 Å². The highest BCUT2D eigenvalue weighted by Crippen LogP contribution is 2.33. The highest BCUT2D eigenvalue weighted by Gasteiger charge is 2.28. The predicted molar refractivity (Wildman–Crippen MR) is 170 cm³/mol. The quantitative estimate of drug-likeness (QED) is 0.223. The molecule has 10 heteroatoms. The fourth-order valence-electron chi connectivity index (χ4n) is 5.73. The fraction of sp³-hybridized carbons (Fsp3) is 0.424. The number of Topliss-reactive ketones (excluding diaryl/α,β-unsaturated/α-hetero) is 1. The minimum Gasteiger partial charge on any atom is -0.447 e. The number of rotatable bonds is 12. The summed E-state index contributed by atoms with van der Waals surface area (Å²) in [4.78, 5) is 41.8. The Kier molecular flexibility index (Phi) is 10.9. The summed E-state index contributed by atoms with van der Waals surface area (Å²) in [6, 6.07) is 21.9. The second-order valence-corrected chi connectivity index (χ2v) is 12.3. The van der Waals surface area contributed by atoms with Gasteiger partial charge in [-0.3, -0.25) is 14.5 Å². The van der Waals surface area contributed by atoms with Crippen molar-refractivity contribution < 1.29 is 19.1 Å². The molecule has 5 rings (SSSR count). The molecule has 9 nitrogen and oxygen atoms in total. The molecule has 2 aliphatic rings.